The van der Waals surface area contributed by atoms with E-state index in [2.05, 4.69) is 31.3 Å². The summed E-state index contributed by atoms with van der Waals surface area (Å²) < 4.78 is 0. The smallest absolute Gasteiger partial charge is 0.0349 e. The molecule has 1 aliphatic heterocycles. The first-order valence-corrected chi connectivity index (χ1v) is 5.26. The highest BCUT2D eigenvalue weighted by Crippen LogP contribution is 2.27. The normalized spacial score (nSPS) is 21.4. The van der Waals surface area contributed by atoms with E-state index in [4.69, 9.17) is 5.73 Å². The number of nitrogens with one attached hydrogen (secondary N) is 1. The second kappa shape index (κ2) is 3.62. The molecule has 1 fully saturated rings. The van der Waals surface area contributed by atoms with Gasteiger partial charge in [-0.25, -0.2) is 0 Å². The monoisotopic (exact) mass is 190 g/mol. The SMILES string of the molecule is Cc1cc(C2CCNC2)cc(N)c1C. The summed E-state index contributed by atoms with van der Waals surface area (Å²) in [7, 11) is 0. The van der Waals surface area contributed by atoms with Crippen LogP contribution in [0.2, 0.25) is 0 Å². The molecule has 0 saturated carbocycles. The molecule has 0 aliphatic carbocycles. The molecule has 0 radical (unpaired) electrons. The van der Waals surface area contributed by atoms with Crippen molar-refractivity contribution >= 4 is 5.69 Å². The Morgan fingerprint density at radius 3 is 2.71 bits per heavy atom. The molecule has 0 aromatic heterocycles. The summed E-state index contributed by atoms with van der Waals surface area (Å²) in [5.74, 6) is 0.664. The van der Waals surface area contributed by atoms with Crippen molar-refractivity contribution < 1.29 is 0 Å². The maximum atomic E-state index is 5.97. The number of aryl methyl sites for hydroxylation is 1. The van der Waals surface area contributed by atoms with Crippen LogP contribution in [0.5, 0.6) is 0 Å². The van der Waals surface area contributed by atoms with Crippen molar-refractivity contribution in [2.75, 3.05) is 18.8 Å². The minimum Gasteiger partial charge on any atom is -0.398 e. The maximum absolute atomic E-state index is 5.97. The van der Waals surface area contributed by atoms with Gasteiger partial charge in [-0.15, -0.1) is 0 Å². The van der Waals surface area contributed by atoms with Gasteiger partial charge in [-0.2, -0.15) is 0 Å². The fourth-order valence-electron chi connectivity index (χ4n) is 2.09. The van der Waals surface area contributed by atoms with Crippen LogP contribution in [0.25, 0.3) is 0 Å². The second-order valence-electron chi connectivity index (χ2n) is 4.24. The van der Waals surface area contributed by atoms with Gasteiger partial charge in [0.15, 0.2) is 0 Å². The van der Waals surface area contributed by atoms with Gasteiger partial charge in [-0.05, 0) is 55.5 Å². The molecule has 1 heterocycles. The Balaban J connectivity index is 2.34. The summed E-state index contributed by atoms with van der Waals surface area (Å²) in [5, 5.41) is 3.38. The van der Waals surface area contributed by atoms with E-state index >= 15 is 0 Å². The van der Waals surface area contributed by atoms with Crippen LogP contribution in [-0.2, 0) is 0 Å². The zero-order valence-corrected chi connectivity index (χ0v) is 8.93. The first kappa shape index (κ1) is 9.53. The number of rotatable bonds is 1. The third kappa shape index (κ3) is 1.62. The van der Waals surface area contributed by atoms with Crippen LogP contribution in [0.3, 0.4) is 0 Å². The lowest BCUT2D eigenvalue weighted by Gasteiger charge is -2.13. The standard InChI is InChI=1S/C12H18N2/c1-8-5-11(6-12(13)9(8)2)10-3-4-14-7-10/h5-6,10,14H,3-4,7,13H2,1-2H3. The molecular formula is C12H18N2. The van der Waals surface area contributed by atoms with Gasteiger partial charge in [0.25, 0.3) is 0 Å². The highest BCUT2D eigenvalue weighted by Gasteiger charge is 2.17. The van der Waals surface area contributed by atoms with Crippen molar-refractivity contribution in [3.8, 4) is 0 Å². The van der Waals surface area contributed by atoms with Crippen LogP contribution in [0, 0.1) is 13.8 Å². The minimum absolute atomic E-state index is 0.664. The predicted molar refractivity (Wildman–Crippen MR) is 60.6 cm³/mol. The first-order chi connectivity index (χ1) is 6.68. The van der Waals surface area contributed by atoms with Gasteiger partial charge in [-0.1, -0.05) is 6.07 Å². The minimum atomic E-state index is 0.664. The first-order valence-electron chi connectivity index (χ1n) is 5.26. The molecule has 0 amide bonds. The van der Waals surface area contributed by atoms with Crippen molar-refractivity contribution in [3.63, 3.8) is 0 Å². The molecule has 0 bridgehead atoms. The van der Waals surface area contributed by atoms with E-state index in [1.54, 1.807) is 0 Å². The summed E-state index contributed by atoms with van der Waals surface area (Å²) in [5.41, 5.74) is 10.8. The van der Waals surface area contributed by atoms with E-state index in [-0.39, 0.29) is 0 Å². The van der Waals surface area contributed by atoms with Gasteiger partial charge in [-0.3, -0.25) is 0 Å². The van der Waals surface area contributed by atoms with Crippen LogP contribution in [0.15, 0.2) is 12.1 Å². The molecular weight excluding hydrogens is 172 g/mol. The molecule has 2 nitrogen and oxygen atoms in total. The molecule has 14 heavy (non-hydrogen) atoms. The van der Waals surface area contributed by atoms with E-state index < -0.39 is 0 Å². The molecule has 76 valence electrons. The second-order valence-corrected chi connectivity index (χ2v) is 4.24. The number of nitrogens with two attached hydrogens (primary N) is 1. The molecule has 2 heteroatoms. The highest BCUT2D eigenvalue weighted by molar-refractivity contribution is 5.53. The van der Waals surface area contributed by atoms with Crippen LogP contribution in [0.1, 0.15) is 29.0 Å². The van der Waals surface area contributed by atoms with Gasteiger partial charge < -0.3 is 11.1 Å². The maximum Gasteiger partial charge on any atom is 0.0349 e. The predicted octanol–water partition coefficient (Wildman–Crippen LogP) is 1.96. The fourth-order valence-corrected chi connectivity index (χ4v) is 2.09. The zero-order valence-electron chi connectivity index (χ0n) is 8.93. The largest absolute Gasteiger partial charge is 0.398 e. The number of anilines is 1. The van der Waals surface area contributed by atoms with Gasteiger partial charge in [0.1, 0.15) is 0 Å². The van der Waals surface area contributed by atoms with Crippen LogP contribution in [0.4, 0.5) is 5.69 Å². The summed E-state index contributed by atoms with van der Waals surface area (Å²) >= 11 is 0. The van der Waals surface area contributed by atoms with Crippen molar-refractivity contribution in [2.24, 2.45) is 0 Å². The Morgan fingerprint density at radius 1 is 1.36 bits per heavy atom. The van der Waals surface area contributed by atoms with Crippen LogP contribution in [-0.4, -0.2) is 13.1 Å². The number of hydrogen-bond donors (Lipinski definition) is 2. The molecule has 1 saturated heterocycles. The molecule has 1 aliphatic rings. The lowest BCUT2D eigenvalue weighted by atomic mass is 9.94. The number of hydrogen-bond acceptors (Lipinski definition) is 2. The number of nitrogen functional groups attached to an aromatic ring is 1. The lowest BCUT2D eigenvalue weighted by Crippen LogP contribution is -2.08. The molecule has 0 spiro atoms. The Labute approximate surface area is 85.5 Å². The Bertz CT molecular complexity index is 315. The van der Waals surface area contributed by atoms with Crippen molar-refractivity contribution in [3.05, 3.63) is 28.8 Å². The molecule has 1 unspecified atom stereocenters. The average Bonchev–Trinajstić information content (AvgIpc) is 2.66. The van der Waals surface area contributed by atoms with Crippen molar-refractivity contribution in [1.82, 2.24) is 5.32 Å². The van der Waals surface area contributed by atoms with E-state index in [0.29, 0.717) is 5.92 Å². The molecule has 3 N–H and O–H groups in total. The van der Waals surface area contributed by atoms with E-state index in [9.17, 15) is 0 Å². The molecule has 1 aromatic rings. The van der Waals surface area contributed by atoms with Crippen LogP contribution < -0.4 is 11.1 Å². The van der Waals surface area contributed by atoms with Gasteiger partial charge in [0.2, 0.25) is 0 Å². The van der Waals surface area contributed by atoms with Crippen molar-refractivity contribution in [2.45, 2.75) is 26.2 Å². The third-order valence-electron chi connectivity index (χ3n) is 3.26. The third-order valence-corrected chi connectivity index (χ3v) is 3.26. The average molecular weight is 190 g/mol. The van der Waals surface area contributed by atoms with Gasteiger partial charge in [0.05, 0.1) is 0 Å². The van der Waals surface area contributed by atoms with E-state index in [1.807, 2.05) is 0 Å². The summed E-state index contributed by atoms with van der Waals surface area (Å²) in [6.45, 7) is 6.46. The Hall–Kier alpha value is -1.02. The highest BCUT2D eigenvalue weighted by atomic mass is 14.9. The van der Waals surface area contributed by atoms with E-state index in [0.717, 1.165) is 18.8 Å². The topological polar surface area (TPSA) is 38.0 Å². The molecule has 2 rings (SSSR count). The summed E-state index contributed by atoms with van der Waals surface area (Å²) in [6.07, 6.45) is 1.24. The fraction of sp³-hybridized carbons (Fsp3) is 0.500. The Kier molecular flexibility index (Phi) is 2.46. The van der Waals surface area contributed by atoms with Gasteiger partial charge >= 0.3 is 0 Å². The Morgan fingerprint density at radius 2 is 2.14 bits per heavy atom. The van der Waals surface area contributed by atoms with E-state index in [1.165, 1.54) is 23.1 Å². The quantitative estimate of drug-likeness (QED) is 0.664. The summed E-state index contributed by atoms with van der Waals surface area (Å²) in [4.78, 5) is 0. The lowest BCUT2D eigenvalue weighted by molar-refractivity contribution is 0.762. The summed E-state index contributed by atoms with van der Waals surface area (Å²) in [6, 6.07) is 4.42. The van der Waals surface area contributed by atoms with Crippen molar-refractivity contribution in [1.29, 1.82) is 0 Å². The van der Waals surface area contributed by atoms with Gasteiger partial charge in [0, 0.05) is 12.2 Å². The number of benzene rings is 1. The zero-order chi connectivity index (χ0) is 10.1. The molecule has 1 aromatic carbocycles. The van der Waals surface area contributed by atoms with Crippen LogP contribution >= 0.6 is 0 Å². The molecule has 1 atom stereocenters.